The van der Waals surface area contributed by atoms with E-state index in [0.29, 0.717) is 48.3 Å². The van der Waals surface area contributed by atoms with Crippen LogP contribution in [0, 0.1) is 34.9 Å². The molecule has 0 fully saturated rings. The number of unbranched alkanes of at least 4 members (excludes halogenated alkanes) is 4. The molecule has 8 heteroatoms. The Morgan fingerprint density at radius 1 is 0.359 bits per heavy atom. The van der Waals surface area contributed by atoms with E-state index in [2.05, 4.69) is 0 Å². The summed E-state index contributed by atoms with van der Waals surface area (Å²) < 4.78 is 92.8. The Bertz CT molecular complexity index is 1320. The van der Waals surface area contributed by atoms with Gasteiger partial charge in [-0.2, -0.15) is 0 Å². The van der Waals surface area contributed by atoms with Gasteiger partial charge in [-0.3, -0.25) is 0 Å². The summed E-state index contributed by atoms with van der Waals surface area (Å²) in [5.41, 5.74) is 1.56. The molecule has 0 heterocycles. The van der Waals surface area contributed by atoms with Gasteiger partial charge in [-0.05, 0) is 83.6 Å². The molecule has 0 amide bonds. The Hall–Kier alpha value is -3.94. The minimum Gasteiger partial charge on any atom is -0.491 e. The summed E-state index contributed by atoms with van der Waals surface area (Å²) in [6, 6.07) is 15.3. The van der Waals surface area contributed by atoms with E-state index in [9.17, 15) is 26.3 Å². The highest BCUT2D eigenvalue weighted by atomic mass is 19.2. The van der Waals surface area contributed by atoms with Crippen molar-refractivity contribution in [2.75, 3.05) is 13.2 Å². The van der Waals surface area contributed by atoms with Crippen LogP contribution in [0.5, 0.6) is 11.5 Å². The molecular formula is C31H26F6O2. The van der Waals surface area contributed by atoms with Crippen LogP contribution in [0.1, 0.15) is 32.1 Å². The molecule has 204 valence electrons. The van der Waals surface area contributed by atoms with E-state index in [1.807, 2.05) is 0 Å². The number of hydrogen-bond acceptors (Lipinski definition) is 2. The second-order valence-electron chi connectivity index (χ2n) is 9.01. The maximum absolute atomic E-state index is 14.4. The lowest BCUT2D eigenvalue weighted by atomic mass is 10.1. The van der Waals surface area contributed by atoms with E-state index in [4.69, 9.17) is 9.47 Å². The monoisotopic (exact) mass is 544 g/mol. The summed E-state index contributed by atoms with van der Waals surface area (Å²) >= 11 is 0. The highest BCUT2D eigenvalue weighted by molar-refractivity contribution is 5.65. The van der Waals surface area contributed by atoms with Gasteiger partial charge in [0.1, 0.15) is 0 Å². The zero-order valence-corrected chi connectivity index (χ0v) is 21.0. The molecule has 0 unspecified atom stereocenters. The van der Waals surface area contributed by atoms with Crippen LogP contribution >= 0.6 is 0 Å². The average Bonchev–Trinajstić information content (AvgIpc) is 2.92. The zero-order valence-electron chi connectivity index (χ0n) is 21.0. The first-order valence-electron chi connectivity index (χ1n) is 12.6. The maximum Gasteiger partial charge on any atom is 0.165 e. The first-order chi connectivity index (χ1) is 18.8. The van der Waals surface area contributed by atoms with E-state index < -0.39 is 34.9 Å². The fraction of sp³-hybridized carbons (Fsp3) is 0.226. The summed E-state index contributed by atoms with van der Waals surface area (Å²) in [6.07, 6.45) is 4.02. The molecule has 4 aromatic rings. The van der Waals surface area contributed by atoms with Gasteiger partial charge in [0.25, 0.3) is 0 Å². The van der Waals surface area contributed by atoms with Crippen LogP contribution in [0.15, 0.2) is 72.8 Å². The topological polar surface area (TPSA) is 18.5 Å². The lowest BCUT2D eigenvalue weighted by Crippen LogP contribution is -2.01. The van der Waals surface area contributed by atoms with Crippen LogP contribution in [0.4, 0.5) is 26.3 Å². The van der Waals surface area contributed by atoms with Crippen LogP contribution in [0.25, 0.3) is 22.3 Å². The van der Waals surface area contributed by atoms with Gasteiger partial charge in [0.05, 0.1) is 13.2 Å². The zero-order chi connectivity index (χ0) is 27.8. The lowest BCUT2D eigenvalue weighted by Gasteiger charge is -2.10. The van der Waals surface area contributed by atoms with Gasteiger partial charge in [0, 0.05) is 0 Å². The summed E-state index contributed by atoms with van der Waals surface area (Å²) in [4.78, 5) is 0. The van der Waals surface area contributed by atoms with Gasteiger partial charge in [-0.1, -0.05) is 43.5 Å². The molecule has 0 bridgehead atoms. The van der Waals surface area contributed by atoms with E-state index in [0.717, 1.165) is 43.5 Å². The third kappa shape index (κ3) is 7.56. The van der Waals surface area contributed by atoms with Gasteiger partial charge < -0.3 is 9.47 Å². The van der Waals surface area contributed by atoms with Crippen molar-refractivity contribution in [3.63, 3.8) is 0 Å². The first kappa shape index (κ1) is 28.1. The van der Waals surface area contributed by atoms with Gasteiger partial charge in [-0.25, -0.2) is 26.3 Å². The molecular weight excluding hydrogens is 518 g/mol. The predicted molar refractivity (Wildman–Crippen MR) is 138 cm³/mol. The molecule has 0 spiro atoms. The summed E-state index contributed by atoms with van der Waals surface area (Å²) in [6.45, 7) is 0.654. The van der Waals surface area contributed by atoms with Crippen molar-refractivity contribution in [1.82, 2.24) is 0 Å². The van der Waals surface area contributed by atoms with Crippen LogP contribution in [-0.2, 0) is 0 Å². The minimum atomic E-state index is -0.997. The molecule has 4 rings (SSSR count). The van der Waals surface area contributed by atoms with Crippen molar-refractivity contribution < 1.29 is 35.8 Å². The summed E-state index contributed by atoms with van der Waals surface area (Å²) in [5, 5.41) is 0. The SMILES string of the molecule is Fc1ccc(-c2ccc(OCCCCCCCOc3ccc(-c4ccc(F)c(F)c4)cc3F)c(F)c2)cc1F. The molecule has 0 aliphatic carbocycles. The van der Waals surface area contributed by atoms with Crippen molar-refractivity contribution in [1.29, 1.82) is 0 Å². The highest BCUT2D eigenvalue weighted by Gasteiger charge is 2.10. The second-order valence-corrected chi connectivity index (χ2v) is 9.01. The molecule has 0 aliphatic heterocycles. The van der Waals surface area contributed by atoms with Crippen LogP contribution < -0.4 is 9.47 Å². The van der Waals surface area contributed by atoms with E-state index in [1.54, 1.807) is 12.1 Å². The first-order valence-corrected chi connectivity index (χ1v) is 12.6. The molecule has 0 atom stereocenters. The van der Waals surface area contributed by atoms with E-state index in [1.165, 1.54) is 36.4 Å². The van der Waals surface area contributed by atoms with Gasteiger partial charge in [0.2, 0.25) is 0 Å². The molecule has 0 saturated heterocycles. The van der Waals surface area contributed by atoms with Crippen LogP contribution in [0.2, 0.25) is 0 Å². The number of hydrogen-bond donors (Lipinski definition) is 0. The Labute approximate surface area is 222 Å². The Morgan fingerprint density at radius 2 is 0.692 bits per heavy atom. The average molecular weight is 545 g/mol. The molecule has 2 nitrogen and oxygen atoms in total. The molecule has 39 heavy (non-hydrogen) atoms. The fourth-order valence-corrected chi connectivity index (χ4v) is 4.05. The molecule has 4 aromatic carbocycles. The summed E-state index contributed by atoms with van der Waals surface area (Å²) in [5.74, 6) is -4.91. The molecule has 0 aromatic heterocycles. The molecule has 0 N–H and O–H groups in total. The number of benzene rings is 4. The van der Waals surface area contributed by atoms with Crippen molar-refractivity contribution in [2.45, 2.75) is 32.1 Å². The molecule has 0 aliphatic rings. The number of ether oxygens (including phenoxy) is 2. The Morgan fingerprint density at radius 3 is 1.05 bits per heavy atom. The van der Waals surface area contributed by atoms with Gasteiger partial charge in [0.15, 0.2) is 46.4 Å². The third-order valence-electron chi connectivity index (χ3n) is 6.17. The fourth-order valence-electron chi connectivity index (χ4n) is 4.05. The third-order valence-corrected chi connectivity index (χ3v) is 6.17. The molecule has 0 saturated carbocycles. The maximum atomic E-state index is 14.4. The second kappa shape index (κ2) is 13.2. The van der Waals surface area contributed by atoms with Gasteiger partial charge >= 0.3 is 0 Å². The van der Waals surface area contributed by atoms with Crippen LogP contribution in [0.3, 0.4) is 0 Å². The standard InChI is InChI=1S/C31H26F6O2/c32-24-10-6-20(16-26(24)34)22-8-12-30(28(36)18-22)38-14-4-2-1-3-5-15-39-31-13-9-23(19-29(31)37)21-7-11-25(33)27(35)17-21/h6-13,16-19H,1-5,14-15H2. The predicted octanol–water partition coefficient (Wildman–Crippen LogP) is 9.26. The number of rotatable bonds is 12. The summed E-state index contributed by atoms with van der Waals surface area (Å²) in [7, 11) is 0. The normalized spacial score (nSPS) is 11.0. The van der Waals surface area contributed by atoms with Crippen LogP contribution in [-0.4, -0.2) is 13.2 Å². The number of halogens is 6. The Kier molecular flexibility index (Phi) is 9.52. The van der Waals surface area contributed by atoms with Crippen molar-refractivity contribution in [3.05, 3.63) is 108 Å². The molecule has 0 radical (unpaired) electrons. The van der Waals surface area contributed by atoms with E-state index >= 15 is 0 Å². The lowest BCUT2D eigenvalue weighted by molar-refractivity contribution is 0.280. The largest absolute Gasteiger partial charge is 0.491 e. The van der Waals surface area contributed by atoms with E-state index in [-0.39, 0.29) is 11.5 Å². The smallest absolute Gasteiger partial charge is 0.165 e. The quantitative estimate of drug-likeness (QED) is 0.131. The van der Waals surface area contributed by atoms with Crippen molar-refractivity contribution in [2.24, 2.45) is 0 Å². The van der Waals surface area contributed by atoms with Crippen molar-refractivity contribution >= 4 is 0 Å². The highest BCUT2D eigenvalue weighted by Crippen LogP contribution is 2.28. The minimum absolute atomic E-state index is 0.0901. The van der Waals surface area contributed by atoms with Crippen molar-refractivity contribution in [3.8, 4) is 33.8 Å². The van der Waals surface area contributed by atoms with Gasteiger partial charge in [-0.15, -0.1) is 0 Å². The Balaban J connectivity index is 1.12.